The zero-order valence-electron chi connectivity index (χ0n) is 13.7. The zero-order chi connectivity index (χ0) is 16.1. The number of esters is 1. The molecule has 120 valence electrons. The number of carbonyl (C=O) groups is 1. The number of rotatable bonds is 8. The summed E-state index contributed by atoms with van der Waals surface area (Å²) >= 11 is 0. The van der Waals surface area contributed by atoms with Gasteiger partial charge in [-0.1, -0.05) is 41.5 Å². The molecule has 20 heavy (non-hydrogen) atoms. The van der Waals surface area contributed by atoms with Crippen LogP contribution in [-0.2, 0) is 14.0 Å². The van der Waals surface area contributed by atoms with Crippen LogP contribution in [0.25, 0.3) is 0 Å². The second kappa shape index (κ2) is 8.12. The molecule has 0 fully saturated rings. The van der Waals surface area contributed by atoms with Crippen LogP contribution in [0.3, 0.4) is 0 Å². The number of aliphatic hydroxyl groups is 2. The number of ether oxygens (including phenoxy) is 1. The van der Waals surface area contributed by atoms with Crippen molar-refractivity contribution in [1.29, 1.82) is 0 Å². The fraction of sp³-hybridized carbons (Fsp3) is 0.929. The number of hydrogen-bond acceptors (Lipinski definition) is 5. The van der Waals surface area contributed by atoms with E-state index in [2.05, 4.69) is 46.3 Å². The minimum absolute atomic E-state index is 0.307. The summed E-state index contributed by atoms with van der Waals surface area (Å²) < 4.78 is 10.7. The molecule has 6 heteroatoms. The molecule has 0 aliphatic heterocycles. The number of carbonyl (C=O) groups excluding carboxylic acids is 1. The highest BCUT2D eigenvalue weighted by Crippen LogP contribution is 2.43. The van der Waals surface area contributed by atoms with E-state index >= 15 is 0 Å². The van der Waals surface area contributed by atoms with Crippen molar-refractivity contribution >= 4 is 14.3 Å². The first-order chi connectivity index (χ1) is 9.14. The molecule has 0 aliphatic carbocycles. The van der Waals surface area contributed by atoms with Crippen molar-refractivity contribution in [3.05, 3.63) is 0 Å². The summed E-state index contributed by atoms with van der Waals surface area (Å²) in [5.74, 6) is -0.775. The van der Waals surface area contributed by atoms with Crippen molar-refractivity contribution in [3.8, 4) is 0 Å². The van der Waals surface area contributed by atoms with E-state index in [1.807, 2.05) is 0 Å². The van der Waals surface area contributed by atoms with Gasteiger partial charge in [-0.2, -0.15) is 0 Å². The van der Waals surface area contributed by atoms with Gasteiger partial charge in [0.1, 0.15) is 6.10 Å². The summed E-state index contributed by atoms with van der Waals surface area (Å²) in [5, 5.41) is 19.4. The molecule has 0 spiro atoms. The smallest absolute Gasteiger partial charge is 0.337 e. The van der Waals surface area contributed by atoms with Crippen LogP contribution >= 0.6 is 0 Å². The Kier molecular flexibility index (Phi) is 7.94. The van der Waals surface area contributed by atoms with Crippen LogP contribution in [0.15, 0.2) is 0 Å². The summed E-state index contributed by atoms with van der Waals surface area (Å²) in [6.07, 6.45) is -2.38. The lowest BCUT2D eigenvalue weighted by Crippen LogP contribution is -2.54. The summed E-state index contributed by atoms with van der Waals surface area (Å²) in [6, 6.07) is 0. The van der Waals surface area contributed by atoms with Gasteiger partial charge in [-0.3, -0.25) is 0 Å². The van der Waals surface area contributed by atoms with Gasteiger partial charge in [0.2, 0.25) is 8.32 Å². The molecule has 0 bridgehead atoms. The predicted molar refractivity (Wildman–Crippen MR) is 81.0 cm³/mol. The molecule has 2 atom stereocenters. The summed E-state index contributed by atoms with van der Waals surface area (Å²) in [5.41, 5.74) is 0.921. The number of aliphatic hydroxyl groups excluding tert-OH is 2. The Morgan fingerprint density at radius 2 is 1.45 bits per heavy atom. The summed E-state index contributed by atoms with van der Waals surface area (Å²) in [7, 11) is -1.05. The summed E-state index contributed by atoms with van der Waals surface area (Å²) in [4.78, 5) is 11.5. The lowest BCUT2D eigenvalue weighted by molar-refractivity contribution is -0.157. The van der Waals surface area contributed by atoms with Gasteiger partial charge in [-0.05, 0) is 16.6 Å². The molecule has 0 aromatic heterocycles. The highest BCUT2D eigenvalue weighted by Gasteiger charge is 2.48. The Balaban J connectivity index is 5.37. The topological polar surface area (TPSA) is 76.0 Å². The van der Waals surface area contributed by atoms with E-state index in [4.69, 9.17) is 4.43 Å². The quantitative estimate of drug-likeness (QED) is 0.530. The molecule has 0 saturated carbocycles. The maximum atomic E-state index is 11.5. The molecule has 0 amide bonds. The third-order valence-corrected chi connectivity index (χ3v) is 10.2. The van der Waals surface area contributed by atoms with Gasteiger partial charge in [0.25, 0.3) is 0 Å². The Labute approximate surface area is 123 Å². The van der Waals surface area contributed by atoms with E-state index in [0.717, 1.165) is 0 Å². The maximum Gasteiger partial charge on any atom is 0.337 e. The van der Waals surface area contributed by atoms with Crippen molar-refractivity contribution in [3.63, 3.8) is 0 Å². The largest absolute Gasteiger partial charge is 0.467 e. The SMILES string of the molecule is COC(=O)[C@H](O)[C@H](CO)O[Si](C(C)C)(C(C)C)C(C)C. The minimum Gasteiger partial charge on any atom is -0.467 e. The molecule has 0 aromatic rings. The van der Waals surface area contributed by atoms with E-state index in [0.29, 0.717) is 16.6 Å². The first-order valence-electron chi connectivity index (χ1n) is 7.19. The van der Waals surface area contributed by atoms with Crippen molar-refractivity contribution < 1.29 is 24.2 Å². The van der Waals surface area contributed by atoms with Crippen LogP contribution in [0.4, 0.5) is 0 Å². The average molecular weight is 306 g/mol. The summed E-state index contributed by atoms with van der Waals surface area (Å²) in [6.45, 7) is 12.2. The Morgan fingerprint density at radius 3 is 1.70 bits per heavy atom. The first-order valence-corrected chi connectivity index (χ1v) is 9.33. The molecule has 0 rings (SSSR count). The fourth-order valence-corrected chi connectivity index (χ4v) is 8.69. The zero-order valence-corrected chi connectivity index (χ0v) is 14.7. The normalized spacial score (nSPS) is 15.8. The molecular weight excluding hydrogens is 276 g/mol. The Bertz CT molecular complexity index is 282. The third-order valence-electron chi connectivity index (χ3n) is 4.04. The van der Waals surface area contributed by atoms with Crippen LogP contribution in [0.5, 0.6) is 0 Å². The van der Waals surface area contributed by atoms with E-state index in [1.165, 1.54) is 7.11 Å². The van der Waals surface area contributed by atoms with Crippen LogP contribution in [-0.4, -0.2) is 50.4 Å². The van der Waals surface area contributed by atoms with Gasteiger partial charge >= 0.3 is 5.97 Å². The second-order valence-corrected chi connectivity index (χ2v) is 11.5. The number of methoxy groups -OCH3 is 1. The Morgan fingerprint density at radius 1 is 1.05 bits per heavy atom. The molecule has 5 nitrogen and oxygen atoms in total. The van der Waals surface area contributed by atoms with Crippen LogP contribution in [0.2, 0.25) is 16.6 Å². The van der Waals surface area contributed by atoms with Gasteiger partial charge in [0, 0.05) is 0 Å². The van der Waals surface area contributed by atoms with Gasteiger partial charge in [0.05, 0.1) is 13.7 Å². The third kappa shape index (κ3) is 4.04. The van der Waals surface area contributed by atoms with E-state index < -0.39 is 33.1 Å². The lowest BCUT2D eigenvalue weighted by Gasteiger charge is -2.44. The molecule has 0 aromatic carbocycles. The second-order valence-electron chi connectivity index (χ2n) is 6.12. The van der Waals surface area contributed by atoms with Crippen LogP contribution < -0.4 is 0 Å². The molecule has 0 saturated heterocycles. The van der Waals surface area contributed by atoms with Crippen molar-refractivity contribution in [1.82, 2.24) is 0 Å². The van der Waals surface area contributed by atoms with Crippen LogP contribution in [0, 0.1) is 0 Å². The van der Waals surface area contributed by atoms with Crippen molar-refractivity contribution in [2.75, 3.05) is 13.7 Å². The molecule has 2 N–H and O–H groups in total. The molecular formula is C14H30O5Si. The highest BCUT2D eigenvalue weighted by atomic mass is 28.4. The average Bonchev–Trinajstić information content (AvgIpc) is 2.37. The first kappa shape index (κ1) is 19.6. The molecule has 0 radical (unpaired) electrons. The fourth-order valence-electron chi connectivity index (χ4n) is 3.14. The monoisotopic (exact) mass is 306 g/mol. The molecule has 0 aliphatic rings. The maximum absolute atomic E-state index is 11.5. The standard InChI is InChI=1S/C14H30O5Si/c1-9(2)20(10(3)4,11(5)6)19-12(8-15)13(16)14(17)18-7/h9-13,15-16H,8H2,1-7H3/t12-,13+/m0/s1. The number of hydrogen-bond donors (Lipinski definition) is 2. The van der Waals surface area contributed by atoms with Gasteiger partial charge in [-0.25, -0.2) is 4.79 Å². The lowest BCUT2D eigenvalue weighted by atomic mass is 10.2. The van der Waals surface area contributed by atoms with Gasteiger partial charge < -0.3 is 19.4 Å². The molecule has 0 unspecified atom stereocenters. The molecule has 0 heterocycles. The Hall–Kier alpha value is -0.433. The minimum atomic E-state index is -2.26. The highest BCUT2D eigenvalue weighted by molar-refractivity contribution is 6.77. The van der Waals surface area contributed by atoms with E-state index in [-0.39, 0.29) is 0 Å². The van der Waals surface area contributed by atoms with Crippen LogP contribution in [0.1, 0.15) is 41.5 Å². The van der Waals surface area contributed by atoms with Crippen molar-refractivity contribution in [2.45, 2.75) is 70.4 Å². The van der Waals surface area contributed by atoms with E-state index in [9.17, 15) is 15.0 Å². The van der Waals surface area contributed by atoms with Gasteiger partial charge in [0.15, 0.2) is 6.10 Å². The van der Waals surface area contributed by atoms with E-state index in [1.54, 1.807) is 0 Å². The van der Waals surface area contributed by atoms with Crippen molar-refractivity contribution in [2.24, 2.45) is 0 Å². The predicted octanol–water partition coefficient (Wildman–Crippen LogP) is 2.07. The van der Waals surface area contributed by atoms with Gasteiger partial charge in [-0.15, -0.1) is 0 Å².